The third-order valence-corrected chi connectivity index (χ3v) is 1.97. The lowest BCUT2D eigenvalue weighted by Crippen LogP contribution is -1.78. The van der Waals surface area contributed by atoms with Crippen LogP contribution in [0, 0.1) is 23.2 Å². The van der Waals surface area contributed by atoms with E-state index in [-0.39, 0.29) is 6.42 Å². The molecule has 0 atom stereocenters. The Kier molecular flexibility index (Phi) is 3.65. The highest BCUT2D eigenvalue weighted by Gasteiger charge is 2.00. The lowest BCUT2D eigenvalue weighted by atomic mass is 10.2. The van der Waals surface area contributed by atoms with Crippen molar-refractivity contribution < 1.29 is 0 Å². The summed E-state index contributed by atoms with van der Waals surface area (Å²) in [5.41, 5.74) is 0.584. The van der Waals surface area contributed by atoms with E-state index < -0.39 is 0 Å². The molecule has 0 aliphatic rings. The predicted octanol–water partition coefficient (Wildman–Crippen LogP) is 3.26. The van der Waals surface area contributed by atoms with Crippen molar-refractivity contribution in [3.05, 3.63) is 33.8 Å². The maximum atomic E-state index is 8.26. The van der Waals surface area contributed by atoms with E-state index in [2.05, 4.69) is 11.8 Å². The molecule has 64 valence electrons. The van der Waals surface area contributed by atoms with Crippen molar-refractivity contribution in [2.45, 2.75) is 6.42 Å². The Balaban J connectivity index is 3.03. The number of nitrogens with zero attached hydrogens (tertiary/aromatic N) is 1. The van der Waals surface area contributed by atoms with Crippen molar-refractivity contribution in [2.75, 3.05) is 0 Å². The van der Waals surface area contributed by atoms with Crippen LogP contribution >= 0.6 is 23.2 Å². The minimum atomic E-state index is 0.182. The number of nitriles is 1. The third-order valence-electron chi connectivity index (χ3n) is 1.34. The molecular weight excluding hydrogens is 205 g/mol. The van der Waals surface area contributed by atoms with Crippen LogP contribution in [0.1, 0.15) is 12.0 Å². The molecule has 1 aromatic carbocycles. The molecule has 0 saturated carbocycles. The zero-order valence-corrected chi connectivity index (χ0v) is 8.15. The number of halogens is 2. The Hall–Kier alpha value is -1.15. The molecule has 0 bridgehead atoms. The van der Waals surface area contributed by atoms with Gasteiger partial charge in [0.25, 0.3) is 0 Å². The van der Waals surface area contributed by atoms with Gasteiger partial charge in [0.15, 0.2) is 0 Å². The highest BCUT2D eigenvalue weighted by atomic mass is 35.5. The summed E-state index contributed by atoms with van der Waals surface area (Å²) in [5.74, 6) is 5.40. The molecule has 0 radical (unpaired) electrons. The summed E-state index contributed by atoms with van der Waals surface area (Å²) in [6.45, 7) is 0. The van der Waals surface area contributed by atoms with E-state index in [9.17, 15) is 0 Å². The molecule has 0 N–H and O–H groups in total. The number of hydrogen-bond acceptors (Lipinski definition) is 1. The summed E-state index contributed by atoms with van der Waals surface area (Å²) < 4.78 is 0. The van der Waals surface area contributed by atoms with Crippen LogP contribution < -0.4 is 0 Å². The van der Waals surface area contributed by atoms with Crippen LogP contribution in [-0.4, -0.2) is 0 Å². The molecule has 0 aliphatic carbocycles. The summed E-state index contributed by atoms with van der Waals surface area (Å²) in [6, 6.07) is 7.09. The normalized spacial score (nSPS) is 8.38. The second-order valence-corrected chi connectivity index (χ2v) is 3.05. The van der Waals surface area contributed by atoms with Crippen LogP contribution in [-0.2, 0) is 0 Å². The Bertz CT molecular complexity index is 387. The Morgan fingerprint density at radius 3 is 2.38 bits per heavy atom. The van der Waals surface area contributed by atoms with E-state index in [4.69, 9.17) is 28.5 Å². The van der Waals surface area contributed by atoms with Gasteiger partial charge in [0, 0.05) is 0 Å². The van der Waals surface area contributed by atoms with Crippen LogP contribution in [0.5, 0.6) is 0 Å². The Labute approximate surface area is 86.9 Å². The average Bonchev–Trinajstić information content (AvgIpc) is 2.10. The summed E-state index contributed by atoms with van der Waals surface area (Å²) in [6.07, 6.45) is 0.182. The van der Waals surface area contributed by atoms with Gasteiger partial charge in [-0.25, -0.2) is 0 Å². The van der Waals surface area contributed by atoms with Gasteiger partial charge >= 0.3 is 0 Å². The first-order chi connectivity index (χ1) is 6.25. The van der Waals surface area contributed by atoms with Crippen molar-refractivity contribution in [3.63, 3.8) is 0 Å². The van der Waals surface area contributed by atoms with Gasteiger partial charge in [0.2, 0.25) is 0 Å². The first kappa shape index (κ1) is 9.93. The van der Waals surface area contributed by atoms with Crippen LogP contribution in [0.2, 0.25) is 10.0 Å². The van der Waals surface area contributed by atoms with Crippen molar-refractivity contribution >= 4 is 23.2 Å². The molecule has 0 aromatic heterocycles. The van der Waals surface area contributed by atoms with E-state index in [0.717, 1.165) is 0 Å². The van der Waals surface area contributed by atoms with Gasteiger partial charge in [-0.15, -0.1) is 0 Å². The maximum Gasteiger partial charge on any atom is 0.0966 e. The lowest BCUT2D eigenvalue weighted by molar-refractivity contribution is 1.39. The summed E-state index contributed by atoms with van der Waals surface area (Å²) in [4.78, 5) is 0. The molecule has 1 rings (SSSR count). The van der Waals surface area contributed by atoms with Gasteiger partial charge in [-0.2, -0.15) is 5.26 Å². The van der Waals surface area contributed by atoms with Crippen molar-refractivity contribution in [1.29, 1.82) is 5.26 Å². The number of hydrogen-bond donors (Lipinski definition) is 0. The first-order valence-corrected chi connectivity index (χ1v) is 4.31. The standard InChI is InChI=1S/C10H5Cl2N/c11-9-5-3-6-10(12)8(9)4-1-2-7-13/h3,5-6H,2H2. The first-order valence-electron chi connectivity index (χ1n) is 3.55. The van der Waals surface area contributed by atoms with Gasteiger partial charge in [-0.1, -0.05) is 41.1 Å². The molecule has 1 nitrogen and oxygen atoms in total. The van der Waals surface area contributed by atoms with E-state index in [1.807, 2.05) is 6.07 Å². The monoisotopic (exact) mass is 209 g/mol. The Morgan fingerprint density at radius 1 is 1.23 bits per heavy atom. The Morgan fingerprint density at radius 2 is 1.85 bits per heavy atom. The van der Waals surface area contributed by atoms with E-state index >= 15 is 0 Å². The third kappa shape index (κ3) is 2.67. The van der Waals surface area contributed by atoms with Crippen LogP contribution in [0.25, 0.3) is 0 Å². The second kappa shape index (κ2) is 4.77. The molecule has 0 saturated heterocycles. The molecule has 0 aliphatic heterocycles. The van der Waals surface area contributed by atoms with E-state index in [1.165, 1.54) is 0 Å². The van der Waals surface area contributed by atoms with Crippen molar-refractivity contribution in [3.8, 4) is 17.9 Å². The van der Waals surface area contributed by atoms with Crippen LogP contribution in [0.3, 0.4) is 0 Å². The quantitative estimate of drug-likeness (QED) is 0.603. The minimum Gasteiger partial charge on any atom is -0.197 e. The average molecular weight is 210 g/mol. The van der Waals surface area contributed by atoms with Gasteiger partial charge in [-0.3, -0.25) is 0 Å². The highest BCUT2D eigenvalue weighted by Crippen LogP contribution is 2.22. The summed E-state index contributed by atoms with van der Waals surface area (Å²) >= 11 is 11.7. The molecule has 0 fully saturated rings. The summed E-state index contributed by atoms with van der Waals surface area (Å²) in [5, 5.41) is 9.29. The smallest absolute Gasteiger partial charge is 0.0966 e. The molecule has 0 amide bonds. The van der Waals surface area contributed by atoms with Gasteiger partial charge in [0.1, 0.15) is 0 Å². The van der Waals surface area contributed by atoms with Crippen LogP contribution in [0.15, 0.2) is 18.2 Å². The molecule has 13 heavy (non-hydrogen) atoms. The van der Waals surface area contributed by atoms with Crippen LogP contribution in [0.4, 0.5) is 0 Å². The van der Waals surface area contributed by atoms with Crippen molar-refractivity contribution in [2.24, 2.45) is 0 Å². The highest BCUT2D eigenvalue weighted by molar-refractivity contribution is 6.36. The second-order valence-electron chi connectivity index (χ2n) is 2.23. The lowest BCUT2D eigenvalue weighted by Gasteiger charge is -1.96. The molecule has 0 heterocycles. The minimum absolute atomic E-state index is 0.182. The van der Waals surface area contributed by atoms with Crippen molar-refractivity contribution in [1.82, 2.24) is 0 Å². The zero-order valence-electron chi connectivity index (χ0n) is 6.64. The molecule has 1 aromatic rings. The van der Waals surface area contributed by atoms with Gasteiger partial charge < -0.3 is 0 Å². The molecule has 0 unspecified atom stereocenters. The summed E-state index contributed by atoms with van der Waals surface area (Å²) in [7, 11) is 0. The van der Waals surface area contributed by atoms with Gasteiger partial charge in [0.05, 0.1) is 28.1 Å². The van der Waals surface area contributed by atoms with Gasteiger partial charge in [-0.05, 0) is 12.1 Å². The fraction of sp³-hybridized carbons (Fsp3) is 0.100. The predicted molar refractivity (Wildman–Crippen MR) is 53.6 cm³/mol. The van der Waals surface area contributed by atoms with E-state index in [0.29, 0.717) is 15.6 Å². The SMILES string of the molecule is N#CCC#Cc1c(Cl)cccc1Cl. The molecular formula is C10H5Cl2N. The maximum absolute atomic E-state index is 8.26. The van der Waals surface area contributed by atoms with E-state index in [1.54, 1.807) is 18.2 Å². The zero-order chi connectivity index (χ0) is 9.68. The topological polar surface area (TPSA) is 23.8 Å². The molecule has 0 spiro atoms. The molecule has 3 heteroatoms. The number of rotatable bonds is 0. The number of benzene rings is 1. The fourth-order valence-corrected chi connectivity index (χ4v) is 1.28. The fourth-order valence-electron chi connectivity index (χ4n) is 0.789. The largest absolute Gasteiger partial charge is 0.197 e.